The van der Waals surface area contributed by atoms with Gasteiger partial charge in [-0.1, -0.05) is 24.4 Å². The number of ether oxygens (including phenoxy) is 2. The lowest BCUT2D eigenvalue weighted by molar-refractivity contribution is -0.143. The van der Waals surface area contributed by atoms with Crippen LogP contribution in [0.4, 0.5) is 0 Å². The summed E-state index contributed by atoms with van der Waals surface area (Å²) in [6.07, 6.45) is 3.08. The van der Waals surface area contributed by atoms with Gasteiger partial charge in [0.1, 0.15) is 13.2 Å². The topological polar surface area (TPSA) is 55.8 Å². The van der Waals surface area contributed by atoms with Crippen molar-refractivity contribution in [1.82, 2.24) is 0 Å². The predicted molar refractivity (Wildman–Crippen MR) is 75.0 cm³/mol. The fourth-order valence-electron chi connectivity index (χ4n) is 3.45. The Morgan fingerprint density at radius 3 is 2.60 bits per heavy atom. The molecule has 1 aromatic carbocycles. The SMILES string of the molecule is Cc1c2c(cc(Cl)c1C1(C(=O)O)CCCC1)OCCO2. The van der Waals surface area contributed by atoms with Crippen molar-refractivity contribution in [2.45, 2.75) is 38.0 Å². The fourth-order valence-corrected chi connectivity index (χ4v) is 3.87. The van der Waals surface area contributed by atoms with Gasteiger partial charge < -0.3 is 14.6 Å². The van der Waals surface area contributed by atoms with Crippen LogP contribution in [0.1, 0.15) is 36.8 Å². The van der Waals surface area contributed by atoms with Gasteiger partial charge in [-0.25, -0.2) is 0 Å². The molecule has 1 N–H and O–H groups in total. The largest absolute Gasteiger partial charge is 0.486 e. The standard InChI is InChI=1S/C15H17ClO4/c1-9-12(15(14(17)18)4-2-3-5-15)10(16)8-11-13(9)20-7-6-19-11/h8H,2-7H2,1H3,(H,17,18). The Morgan fingerprint density at radius 2 is 1.95 bits per heavy atom. The maximum atomic E-state index is 11.9. The van der Waals surface area contributed by atoms with Crippen LogP contribution in [0.2, 0.25) is 5.02 Å². The van der Waals surface area contributed by atoms with Crippen molar-refractivity contribution in [1.29, 1.82) is 0 Å². The Labute approximate surface area is 122 Å². The van der Waals surface area contributed by atoms with E-state index in [1.165, 1.54) is 0 Å². The van der Waals surface area contributed by atoms with Crippen LogP contribution in [-0.4, -0.2) is 24.3 Å². The molecule has 2 aliphatic rings. The van der Waals surface area contributed by atoms with E-state index < -0.39 is 11.4 Å². The molecule has 5 heteroatoms. The van der Waals surface area contributed by atoms with Crippen LogP contribution in [0.3, 0.4) is 0 Å². The number of carboxylic acid groups (broad SMARTS) is 1. The lowest BCUT2D eigenvalue weighted by atomic mass is 9.76. The van der Waals surface area contributed by atoms with E-state index in [0.29, 0.717) is 48.1 Å². The normalized spacial score (nSPS) is 19.9. The second kappa shape index (κ2) is 4.85. The van der Waals surface area contributed by atoms with Crippen LogP contribution >= 0.6 is 11.6 Å². The van der Waals surface area contributed by atoms with Crippen LogP contribution in [-0.2, 0) is 10.2 Å². The van der Waals surface area contributed by atoms with E-state index >= 15 is 0 Å². The number of carboxylic acids is 1. The zero-order valence-electron chi connectivity index (χ0n) is 11.4. The van der Waals surface area contributed by atoms with Crippen molar-refractivity contribution in [3.8, 4) is 11.5 Å². The summed E-state index contributed by atoms with van der Waals surface area (Å²) < 4.78 is 11.2. The molecule has 1 saturated carbocycles. The van der Waals surface area contributed by atoms with Crippen LogP contribution in [0, 0.1) is 6.92 Å². The van der Waals surface area contributed by atoms with Crippen LogP contribution in [0.5, 0.6) is 11.5 Å². The van der Waals surface area contributed by atoms with Crippen molar-refractivity contribution < 1.29 is 19.4 Å². The van der Waals surface area contributed by atoms with Gasteiger partial charge in [-0.15, -0.1) is 0 Å². The number of benzene rings is 1. The minimum absolute atomic E-state index is 0.469. The Balaban J connectivity index is 2.20. The molecule has 0 radical (unpaired) electrons. The molecule has 0 aromatic heterocycles. The molecule has 0 atom stereocenters. The molecule has 1 heterocycles. The van der Waals surface area contributed by atoms with E-state index in [-0.39, 0.29) is 0 Å². The van der Waals surface area contributed by atoms with E-state index in [1.807, 2.05) is 6.92 Å². The molecule has 0 bridgehead atoms. The Kier molecular flexibility index (Phi) is 3.28. The second-order valence-electron chi connectivity index (χ2n) is 5.48. The highest BCUT2D eigenvalue weighted by molar-refractivity contribution is 6.32. The van der Waals surface area contributed by atoms with Gasteiger partial charge in [0.05, 0.1) is 5.41 Å². The summed E-state index contributed by atoms with van der Waals surface area (Å²) in [6.45, 7) is 2.85. The monoisotopic (exact) mass is 296 g/mol. The minimum atomic E-state index is -0.878. The summed E-state index contributed by atoms with van der Waals surface area (Å²) in [7, 11) is 0. The van der Waals surface area contributed by atoms with Gasteiger partial charge in [-0.3, -0.25) is 4.79 Å². The molecule has 0 spiro atoms. The summed E-state index contributed by atoms with van der Waals surface area (Å²) in [5, 5.41) is 10.2. The average Bonchev–Trinajstić information content (AvgIpc) is 2.89. The maximum Gasteiger partial charge on any atom is 0.314 e. The number of hydrogen-bond acceptors (Lipinski definition) is 3. The summed E-state index contributed by atoms with van der Waals surface area (Å²) in [4.78, 5) is 11.9. The molecule has 0 saturated heterocycles. The zero-order chi connectivity index (χ0) is 14.3. The van der Waals surface area contributed by atoms with Gasteiger partial charge in [0.15, 0.2) is 11.5 Å². The molecule has 1 aliphatic heterocycles. The average molecular weight is 297 g/mol. The summed E-state index contributed by atoms with van der Waals surface area (Å²) in [6, 6.07) is 1.70. The summed E-state index contributed by atoms with van der Waals surface area (Å²) in [5.41, 5.74) is 0.627. The Morgan fingerprint density at radius 1 is 1.30 bits per heavy atom. The van der Waals surface area contributed by atoms with Gasteiger partial charge in [-0.05, 0) is 25.3 Å². The number of halogens is 1. The molecule has 20 heavy (non-hydrogen) atoms. The third-order valence-corrected chi connectivity index (χ3v) is 4.67. The molecule has 0 unspecified atom stereocenters. The summed E-state index contributed by atoms with van der Waals surface area (Å²) in [5.74, 6) is 0.459. The van der Waals surface area contributed by atoms with Gasteiger partial charge in [-0.2, -0.15) is 0 Å². The molecular formula is C15H17ClO4. The van der Waals surface area contributed by atoms with Crippen molar-refractivity contribution in [2.24, 2.45) is 0 Å². The van der Waals surface area contributed by atoms with Crippen LogP contribution < -0.4 is 9.47 Å². The molecule has 1 aromatic rings. The molecule has 1 fully saturated rings. The number of fused-ring (bicyclic) bond motifs is 1. The first kappa shape index (κ1) is 13.6. The molecule has 1 aliphatic carbocycles. The maximum absolute atomic E-state index is 11.9. The number of hydrogen-bond donors (Lipinski definition) is 1. The van der Waals surface area contributed by atoms with Crippen molar-refractivity contribution in [3.63, 3.8) is 0 Å². The Hall–Kier alpha value is -1.42. The third kappa shape index (κ3) is 1.85. The van der Waals surface area contributed by atoms with Gasteiger partial charge in [0.2, 0.25) is 0 Å². The minimum Gasteiger partial charge on any atom is -0.486 e. The number of rotatable bonds is 2. The van der Waals surface area contributed by atoms with E-state index in [2.05, 4.69) is 0 Å². The van der Waals surface area contributed by atoms with E-state index in [1.54, 1.807) is 6.07 Å². The van der Waals surface area contributed by atoms with Gasteiger partial charge in [0, 0.05) is 16.7 Å². The third-order valence-electron chi connectivity index (χ3n) is 4.37. The first-order chi connectivity index (χ1) is 9.56. The summed E-state index contributed by atoms with van der Waals surface area (Å²) >= 11 is 6.38. The number of carbonyl (C=O) groups is 1. The Bertz CT molecular complexity index is 561. The smallest absolute Gasteiger partial charge is 0.314 e. The van der Waals surface area contributed by atoms with Crippen LogP contribution in [0.15, 0.2) is 6.07 Å². The second-order valence-corrected chi connectivity index (χ2v) is 5.88. The van der Waals surface area contributed by atoms with Crippen molar-refractivity contribution in [2.75, 3.05) is 13.2 Å². The quantitative estimate of drug-likeness (QED) is 0.909. The van der Waals surface area contributed by atoms with Gasteiger partial charge in [0.25, 0.3) is 0 Å². The fraction of sp³-hybridized carbons (Fsp3) is 0.533. The molecule has 108 valence electrons. The molecule has 4 nitrogen and oxygen atoms in total. The predicted octanol–water partition coefficient (Wildman–Crippen LogP) is 3.32. The van der Waals surface area contributed by atoms with E-state index in [0.717, 1.165) is 18.4 Å². The lowest BCUT2D eigenvalue weighted by Gasteiger charge is -2.30. The molecular weight excluding hydrogens is 280 g/mol. The molecule has 0 amide bonds. The highest BCUT2D eigenvalue weighted by Crippen LogP contribution is 2.50. The highest BCUT2D eigenvalue weighted by atomic mass is 35.5. The van der Waals surface area contributed by atoms with E-state index in [4.69, 9.17) is 21.1 Å². The zero-order valence-corrected chi connectivity index (χ0v) is 12.1. The first-order valence-corrected chi connectivity index (χ1v) is 7.26. The van der Waals surface area contributed by atoms with Crippen molar-refractivity contribution in [3.05, 3.63) is 22.2 Å². The van der Waals surface area contributed by atoms with Crippen LogP contribution in [0.25, 0.3) is 0 Å². The van der Waals surface area contributed by atoms with E-state index in [9.17, 15) is 9.90 Å². The lowest BCUT2D eigenvalue weighted by Crippen LogP contribution is -2.34. The van der Waals surface area contributed by atoms with Gasteiger partial charge >= 0.3 is 5.97 Å². The molecule has 3 rings (SSSR count). The number of aliphatic carboxylic acids is 1. The highest BCUT2D eigenvalue weighted by Gasteiger charge is 2.46. The van der Waals surface area contributed by atoms with Crippen molar-refractivity contribution >= 4 is 17.6 Å². The first-order valence-electron chi connectivity index (χ1n) is 6.89.